The molecule has 0 radical (unpaired) electrons. The van der Waals surface area contributed by atoms with Crippen molar-refractivity contribution in [2.45, 2.75) is 63.5 Å². The number of carbonyl (C=O) groups is 1. The fraction of sp³-hybridized carbons (Fsp3) is 0.682. The first-order valence-corrected chi connectivity index (χ1v) is 12.6. The maximum absolute atomic E-state index is 13.5. The van der Waals surface area contributed by atoms with Gasteiger partial charge in [0.1, 0.15) is 5.75 Å². The fourth-order valence-electron chi connectivity index (χ4n) is 5.34. The molecule has 0 spiro atoms. The Bertz CT molecular complexity index is 864. The molecule has 0 unspecified atom stereocenters. The summed E-state index contributed by atoms with van der Waals surface area (Å²) in [4.78, 5) is 17.6. The number of para-hydroxylation sites is 1. The summed E-state index contributed by atoms with van der Waals surface area (Å²) in [6, 6.07) is 6.09. The van der Waals surface area contributed by atoms with E-state index in [9.17, 15) is 13.2 Å². The molecular formula is C22H32N2O4S. The molecule has 0 aromatic heterocycles. The van der Waals surface area contributed by atoms with Gasteiger partial charge >= 0.3 is 0 Å². The molecular weight excluding hydrogens is 388 g/mol. The maximum Gasteiger partial charge on any atom is 0.242 e. The molecule has 7 heteroatoms. The first-order valence-electron chi connectivity index (χ1n) is 10.8. The van der Waals surface area contributed by atoms with E-state index in [4.69, 9.17) is 4.74 Å². The highest BCUT2D eigenvalue weighted by molar-refractivity contribution is 7.91. The number of carbonyl (C=O) groups excluding carboxylic acids is 1. The Kier molecular flexibility index (Phi) is 5.78. The van der Waals surface area contributed by atoms with Crippen LogP contribution in [0.1, 0.15) is 56.9 Å². The van der Waals surface area contributed by atoms with Crippen LogP contribution in [0.4, 0.5) is 5.69 Å². The van der Waals surface area contributed by atoms with Gasteiger partial charge in [0, 0.05) is 18.6 Å². The van der Waals surface area contributed by atoms with E-state index in [1.165, 1.54) is 5.56 Å². The van der Waals surface area contributed by atoms with Gasteiger partial charge in [-0.15, -0.1) is 0 Å². The molecule has 29 heavy (non-hydrogen) atoms. The summed E-state index contributed by atoms with van der Waals surface area (Å²) in [5.74, 6) is 1.61. The molecule has 1 aromatic carbocycles. The van der Waals surface area contributed by atoms with E-state index in [-0.39, 0.29) is 36.0 Å². The van der Waals surface area contributed by atoms with Gasteiger partial charge < -0.3 is 14.5 Å². The summed E-state index contributed by atoms with van der Waals surface area (Å²) in [7, 11) is -1.36. The van der Waals surface area contributed by atoms with Crippen LogP contribution >= 0.6 is 0 Å². The van der Waals surface area contributed by atoms with Gasteiger partial charge in [0.05, 0.1) is 30.8 Å². The highest BCUT2D eigenvalue weighted by atomic mass is 32.2. The molecule has 1 saturated heterocycles. The van der Waals surface area contributed by atoms with E-state index in [0.717, 1.165) is 50.1 Å². The second-order valence-corrected chi connectivity index (χ2v) is 11.0. The Morgan fingerprint density at radius 2 is 1.93 bits per heavy atom. The van der Waals surface area contributed by atoms with Gasteiger partial charge in [-0.25, -0.2) is 8.42 Å². The standard InChI is InChI=1S/C22H32N2O4S/c1-16-10-12-23(22-19(16)8-5-9-20(22)28-2)14-21(25)24(17-6-3-4-7-17)18-11-13-29(26,27)15-18/h5,8-9,16-18H,3-4,6-7,10-15H2,1-2H3/t16-,18+/m1/s1. The number of hydrogen-bond acceptors (Lipinski definition) is 5. The minimum Gasteiger partial charge on any atom is -0.495 e. The predicted octanol–water partition coefficient (Wildman–Crippen LogP) is 2.97. The zero-order chi connectivity index (χ0) is 20.6. The third-order valence-corrected chi connectivity index (χ3v) is 8.61. The highest BCUT2D eigenvalue weighted by Crippen LogP contribution is 2.41. The van der Waals surface area contributed by atoms with Crippen LogP contribution in [0.2, 0.25) is 0 Å². The summed E-state index contributed by atoms with van der Waals surface area (Å²) in [5.41, 5.74) is 2.24. The normalized spacial score (nSPS) is 26.3. The van der Waals surface area contributed by atoms with Crippen molar-refractivity contribution in [3.8, 4) is 5.75 Å². The molecule has 2 atom stereocenters. The molecule has 1 amide bonds. The van der Waals surface area contributed by atoms with Gasteiger partial charge in [0.25, 0.3) is 0 Å². The van der Waals surface area contributed by atoms with Gasteiger partial charge in [-0.3, -0.25) is 4.79 Å². The number of fused-ring (bicyclic) bond motifs is 1. The van der Waals surface area contributed by atoms with Crippen LogP contribution < -0.4 is 9.64 Å². The first-order chi connectivity index (χ1) is 13.9. The van der Waals surface area contributed by atoms with Crippen LogP contribution in [0, 0.1) is 0 Å². The topological polar surface area (TPSA) is 66.9 Å². The Hall–Kier alpha value is -1.76. The lowest BCUT2D eigenvalue weighted by Crippen LogP contribution is -2.51. The zero-order valence-electron chi connectivity index (χ0n) is 17.5. The zero-order valence-corrected chi connectivity index (χ0v) is 18.3. The Morgan fingerprint density at radius 1 is 1.17 bits per heavy atom. The van der Waals surface area contributed by atoms with Gasteiger partial charge in [0.2, 0.25) is 5.91 Å². The van der Waals surface area contributed by atoms with Crippen LogP contribution in [-0.4, -0.2) is 63.0 Å². The van der Waals surface area contributed by atoms with Gasteiger partial charge in [-0.1, -0.05) is 31.9 Å². The molecule has 2 heterocycles. The van der Waals surface area contributed by atoms with Crippen molar-refractivity contribution in [1.82, 2.24) is 4.90 Å². The average Bonchev–Trinajstić information content (AvgIpc) is 3.34. The van der Waals surface area contributed by atoms with Crippen molar-refractivity contribution in [3.05, 3.63) is 23.8 Å². The first kappa shape index (κ1) is 20.5. The second kappa shape index (κ2) is 8.17. The van der Waals surface area contributed by atoms with Crippen molar-refractivity contribution >= 4 is 21.4 Å². The van der Waals surface area contributed by atoms with Crippen molar-refractivity contribution in [2.24, 2.45) is 0 Å². The van der Waals surface area contributed by atoms with E-state index in [0.29, 0.717) is 12.3 Å². The Labute approximate surface area is 174 Å². The van der Waals surface area contributed by atoms with Gasteiger partial charge in [0.15, 0.2) is 9.84 Å². The summed E-state index contributed by atoms with van der Waals surface area (Å²) in [6.07, 6.45) is 5.77. The van der Waals surface area contributed by atoms with Gasteiger partial charge in [-0.05, 0) is 43.2 Å². The molecule has 4 rings (SSSR count). The molecule has 1 aromatic rings. The quantitative estimate of drug-likeness (QED) is 0.733. The van der Waals surface area contributed by atoms with Crippen LogP contribution in [0.5, 0.6) is 5.75 Å². The SMILES string of the molecule is COc1cccc2c1N(CC(=O)N(C1CCCC1)[C@H]1CCS(=O)(=O)C1)CC[C@H]2C. The lowest BCUT2D eigenvalue weighted by Gasteiger charge is -2.39. The van der Waals surface area contributed by atoms with E-state index in [1.807, 2.05) is 17.0 Å². The third-order valence-electron chi connectivity index (χ3n) is 6.86. The van der Waals surface area contributed by atoms with Crippen LogP contribution in [0.3, 0.4) is 0 Å². The number of benzene rings is 1. The number of hydrogen-bond donors (Lipinski definition) is 0. The Morgan fingerprint density at radius 3 is 2.59 bits per heavy atom. The molecule has 2 fully saturated rings. The summed E-state index contributed by atoms with van der Waals surface area (Å²) >= 11 is 0. The highest BCUT2D eigenvalue weighted by Gasteiger charge is 2.40. The molecule has 3 aliphatic rings. The molecule has 6 nitrogen and oxygen atoms in total. The third kappa shape index (κ3) is 4.11. The number of ether oxygens (including phenoxy) is 1. The minimum absolute atomic E-state index is 0.0606. The van der Waals surface area contributed by atoms with Crippen LogP contribution in [0.25, 0.3) is 0 Å². The fourth-order valence-corrected chi connectivity index (χ4v) is 7.05. The predicted molar refractivity (Wildman–Crippen MR) is 114 cm³/mol. The van der Waals surface area contributed by atoms with E-state index < -0.39 is 9.84 Å². The van der Waals surface area contributed by atoms with Crippen molar-refractivity contribution in [2.75, 3.05) is 36.6 Å². The number of nitrogens with zero attached hydrogens (tertiary/aromatic N) is 2. The molecule has 1 aliphatic carbocycles. The molecule has 160 valence electrons. The number of sulfone groups is 1. The van der Waals surface area contributed by atoms with Crippen molar-refractivity contribution < 1.29 is 17.9 Å². The van der Waals surface area contributed by atoms with E-state index in [1.54, 1.807) is 7.11 Å². The summed E-state index contributed by atoms with van der Waals surface area (Å²) < 4.78 is 29.8. The smallest absolute Gasteiger partial charge is 0.242 e. The van der Waals surface area contributed by atoms with Crippen molar-refractivity contribution in [1.29, 1.82) is 0 Å². The number of rotatable bonds is 5. The molecule has 1 saturated carbocycles. The summed E-state index contributed by atoms with van der Waals surface area (Å²) in [5, 5.41) is 0. The lowest BCUT2D eigenvalue weighted by atomic mass is 9.91. The Balaban J connectivity index is 1.59. The average molecular weight is 421 g/mol. The number of anilines is 1. The van der Waals surface area contributed by atoms with Crippen LogP contribution in [-0.2, 0) is 14.6 Å². The number of amides is 1. The minimum atomic E-state index is -3.03. The van der Waals surface area contributed by atoms with Gasteiger partial charge in [-0.2, -0.15) is 0 Å². The monoisotopic (exact) mass is 420 g/mol. The largest absolute Gasteiger partial charge is 0.495 e. The van der Waals surface area contributed by atoms with E-state index >= 15 is 0 Å². The molecule has 2 aliphatic heterocycles. The maximum atomic E-state index is 13.5. The molecule has 0 bridgehead atoms. The molecule has 0 N–H and O–H groups in total. The van der Waals surface area contributed by atoms with E-state index in [2.05, 4.69) is 17.9 Å². The lowest BCUT2D eigenvalue weighted by molar-refractivity contribution is -0.134. The summed E-state index contributed by atoms with van der Waals surface area (Å²) in [6.45, 7) is 3.31. The second-order valence-electron chi connectivity index (χ2n) is 8.81. The van der Waals surface area contributed by atoms with Crippen molar-refractivity contribution in [3.63, 3.8) is 0 Å². The number of methoxy groups -OCH3 is 1. The van der Waals surface area contributed by atoms with Crippen LogP contribution in [0.15, 0.2) is 18.2 Å².